The molecule has 1 saturated carbocycles. The van der Waals surface area contributed by atoms with Crippen molar-refractivity contribution in [1.82, 2.24) is 4.90 Å². The highest BCUT2D eigenvalue weighted by Gasteiger charge is 2.27. The van der Waals surface area contributed by atoms with Gasteiger partial charge in [0.1, 0.15) is 0 Å². The number of hydrogen-bond donors (Lipinski definition) is 1. The highest BCUT2D eigenvalue weighted by Crippen LogP contribution is 2.38. The van der Waals surface area contributed by atoms with Crippen molar-refractivity contribution in [3.05, 3.63) is 23.8 Å². The quantitative estimate of drug-likeness (QED) is 0.875. The van der Waals surface area contributed by atoms with E-state index in [1.807, 2.05) is 12.1 Å². The van der Waals surface area contributed by atoms with Gasteiger partial charge in [0.25, 0.3) is 0 Å². The summed E-state index contributed by atoms with van der Waals surface area (Å²) >= 11 is 0. The van der Waals surface area contributed by atoms with Crippen LogP contribution in [0.4, 0.5) is 0 Å². The first-order valence-electron chi connectivity index (χ1n) is 7.85. The van der Waals surface area contributed by atoms with Gasteiger partial charge in [0.15, 0.2) is 11.5 Å². The van der Waals surface area contributed by atoms with Gasteiger partial charge in [-0.15, -0.1) is 0 Å². The fraction of sp³-hybridized carbons (Fsp3) is 0.647. The number of benzene rings is 1. The third kappa shape index (κ3) is 3.50. The molecule has 0 bridgehead atoms. The Labute approximate surface area is 128 Å². The molecule has 2 N–H and O–H groups in total. The average molecular weight is 292 g/mol. The third-order valence-electron chi connectivity index (χ3n) is 4.66. The topological polar surface area (TPSA) is 47.7 Å². The van der Waals surface area contributed by atoms with Crippen LogP contribution >= 0.6 is 0 Å². The summed E-state index contributed by atoms with van der Waals surface area (Å²) in [6.45, 7) is 0.580. The van der Waals surface area contributed by atoms with Gasteiger partial charge in [0.2, 0.25) is 0 Å². The van der Waals surface area contributed by atoms with Crippen LogP contribution in [0.5, 0.6) is 11.5 Å². The first-order chi connectivity index (χ1) is 10.2. The van der Waals surface area contributed by atoms with E-state index in [0.717, 1.165) is 17.1 Å². The summed E-state index contributed by atoms with van der Waals surface area (Å²) < 4.78 is 11.0. The van der Waals surface area contributed by atoms with E-state index in [9.17, 15) is 0 Å². The van der Waals surface area contributed by atoms with E-state index in [1.54, 1.807) is 14.2 Å². The minimum absolute atomic E-state index is 0.165. The lowest BCUT2D eigenvalue weighted by molar-refractivity contribution is 0.138. The molecule has 0 radical (unpaired) electrons. The molecule has 0 amide bonds. The summed E-state index contributed by atoms with van der Waals surface area (Å²) in [6.07, 6.45) is 6.53. The van der Waals surface area contributed by atoms with Crippen molar-refractivity contribution in [2.24, 2.45) is 5.73 Å². The van der Waals surface area contributed by atoms with Crippen molar-refractivity contribution in [1.29, 1.82) is 0 Å². The highest BCUT2D eigenvalue weighted by atomic mass is 16.5. The Morgan fingerprint density at radius 1 is 1.19 bits per heavy atom. The molecule has 1 aliphatic carbocycles. The van der Waals surface area contributed by atoms with E-state index >= 15 is 0 Å². The lowest BCUT2D eigenvalue weighted by Gasteiger charge is -2.37. The van der Waals surface area contributed by atoms with Crippen LogP contribution in [-0.2, 0) is 0 Å². The Morgan fingerprint density at radius 3 is 2.48 bits per heavy atom. The first kappa shape index (κ1) is 16.1. The van der Waals surface area contributed by atoms with Crippen molar-refractivity contribution >= 4 is 0 Å². The molecule has 1 aliphatic rings. The SMILES string of the molecule is COc1cccc(C(CN)N(C)C2CCCCC2)c1OC. The number of methoxy groups -OCH3 is 2. The molecule has 4 nitrogen and oxygen atoms in total. The summed E-state index contributed by atoms with van der Waals surface area (Å²) in [7, 11) is 5.55. The molecule has 1 aromatic carbocycles. The molecular weight excluding hydrogens is 264 g/mol. The molecule has 0 spiro atoms. The largest absolute Gasteiger partial charge is 0.493 e. The van der Waals surface area contributed by atoms with E-state index in [1.165, 1.54) is 32.1 Å². The van der Waals surface area contributed by atoms with Crippen LogP contribution in [0.15, 0.2) is 18.2 Å². The van der Waals surface area contributed by atoms with Gasteiger partial charge >= 0.3 is 0 Å². The molecule has 2 rings (SSSR count). The molecule has 1 unspecified atom stereocenters. The summed E-state index contributed by atoms with van der Waals surface area (Å²) in [5, 5.41) is 0. The Hall–Kier alpha value is -1.26. The Morgan fingerprint density at radius 2 is 1.90 bits per heavy atom. The lowest BCUT2D eigenvalue weighted by Crippen LogP contribution is -2.39. The molecule has 1 atom stereocenters. The summed E-state index contributed by atoms with van der Waals surface area (Å²) in [4.78, 5) is 2.43. The van der Waals surface area contributed by atoms with Gasteiger partial charge in [-0.1, -0.05) is 31.4 Å². The van der Waals surface area contributed by atoms with Crippen molar-refractivity contribution in [3.8, 4) is 11.5 Å². The minimum atomic E-state index is 0.165. The van der Waals surface area contributed by atoms with Crippen molar-refractivity contribution in [2.45, 2.75) is 44.2 Å². The minimum Gasteiger partial charge on any atom is -0.493 e. The molecule has 4 heteroatoms. The van der Waals surface area contributed by atoms with Crippen LogP contribution in [0.25, 0.3) is 0 Å². The standard InChI is InChI=1S/C17H28N2O2/c1-19(13-8-5-4-6-9-13)15(12-18)14-10-7-11-16(20-2)17(14)21-3/h7,10-11,13,15H,4-6,8-9,12,18H2,1-3H3. The third-order valence-corrected chi connectivity index (χ3v) is 4.66. The van der Waals surface area contributed by atoms with Crippen molar-refractivity contribution in [2.75, 3.05) is 27.8 Å². The van der Waals surface area contributed by atoms with Crippen molar-refractivity contribution in [3.63, 3.8) is 0 Å². The van der Waals surface area contributed by atoms with Crippen LogP contribution in [0.2, 0.25) is 0 Å². The predicted octanol–water partition coefficient (Wildman–Crippen LogP) is 2.97. The monoisotopic (exact) mass is 292 g/mol. The fourth-order valence-corrected chi connectivity index (χ4v) is 3.43. The number of ether oxygens (including phenoxy) is 2. The molecule has 0 saturated heterocycles. The molecule has 1 fully saturated rings. The fourth-order valence-electron chi connectivity index (χ4n) is 3.43. The Bertz CT molecular complexity index is 444. The number of nitrogens with zero attached hydrogens (tertiary/aromatic N) is 1. The summed E-state index contributed by atoms with van der Waals surface area (Å²) in [6, 6.07) is 6.81. The van der Waals surface area contributed by atoms with E-state index in [4.69, 9.17) is 15.2 Å². The molecule has 0 aromatic heterocycles. The van der Waals surface area contributed by atoms with Crippen molar-refractivity contribution < 1.29 is 9.47 Å². The summed E-state index contributed by atoms with van der Waals surface area (Å²) in [5.41, 5.74) is 7.21. The normalized spacial score (nSPS) is 17.8. The number of para-hydroxylation sites is 1. The zero-order valence-electron chi connectivity index (χ0n) is 13.5. The Balaban J connectivity index is 2.27. The van der Waals surface area contributed by atoms with Gasteiger partial charge in [-0.25, -0.2) is 0 Å². The van der Waals surface area contributed by atoms with E-state index in [0.29, 0.717) is 12.6 Å². The van der Waals surface area contributed by atoms with Crippen LogP contribution < -0.4 is 15.2 Å². The van der Waals surface area contributed by atoms with E-state index < -0.39 is 0 Å². The van der Waals surface area contributed by atoms with Crippen LogP contribution in [0.3, 0.4) is 0 Å². The zero-order chi connectivity index (χ0) is 15.2. The molecule has 1 aromatic rings. The lowest BCUT2D eigenvalue weighted by atomic mass is 9.92. The second kappa shape index (κ2) is 7.66. The number of nitrogens with two attached hydrogens (primary N) is 1. The molecule has 0 heterocycles. The maximum absolute atomic E-state index is 6.09. The van der Waals surface area contributed by atoms with Gasteiger partial charge in [-0.3, -0.25) is 4.90 Å². The van der Waals surface area contributed by atoms with Gasteiger partial charge in [0.05, 0.1) is 20.3 Å². The molecule has 21 heavy (non-hydrogen) atoms. The summed E-state index contributed by atoms with van der Waals surface area (Å²) in [5.74, 6) is 1.57. The predicted molar refractivity (Wildman–Crippen MR) is 86.0 cm³/mol. The zero-order valence-corrected chi connectivity index (χ0v) is 13.5. The van der Waals surface area contributed by atoms with Gasteiger partial charge < -0.3 is 15.2 Å². The second-order valence-electron chi connectivity index (χ2n) is 5.79. The highest BCUT2D eigenvalue weighted by molar-refractivity contribution is 5.48. The molecular formula is C17H28N2O2. The van der Waals surface area contributed by atoms with E-state index in [2.05, 4.69) is 18.0 Å². The van der Waals surface area contributed by atoms with Crippen LogP contribution in [0, 0.1) is 0 Å². The van der Waals surface area contributed by atoms with Gasteiger partial charge in [0, 0.05) is 18.2 Å². The Kier molecular flexibility index (Phi) is 5.88. The second-order valence-corrected chi connectivity index (χ2v) is 5.79. The number of rotatable bonds is 6. The van der Waals surface area contributed by atoms with Crippen LogP contribution in [0.1, 0.15) is 43.7 Å². The van der Waals surface area contributed by atoms with Crippen LogP contribution in [-0.4, -0.2) is 38.8 Å². The molecule has 118 valence electrons. The molecule has 0 aliphatic heterocycles. The number of likely N-dealkylation sites (N-methyl/N-ethyl adjacent to an activating group) is 1. The van der Waals surface area contributed by atoms with Gasteiger partial charge in [-0.2, -0.15) is 0 Å². The maximum Gasteiger partial charge on any atom is 0.165 e. The van der Waals surface area contributed by atoms with Gasteiger partial charge in [-0.05, 0) is 26.0 Å². The smallest absolute Gasteiger partial charge is 0.165 e. The average Bonchev–Trinajstić information content (AvgIpc) is 2.55. The maximum atomic E-state index is 6.09. The first-order valence-corrected chi connectivity index (χ1v) is 7.85. The number of hydrogen-bond acceptors (Lipinski definition) is 4. The van der Waals surface area contributed by atoms with E-state index in [-0.39, 0.29) is 6.04 Å².